The molecule has 0 fully saturated rings. The molecule has 2 rings (SSSR count). The number of benzene rings is 1. The second kappa shape index (κ2) is 6.58. The molecule has 0 atom stereocenters. The van der Waals surface area contributed by atoms with Gasteiger partial charge in [0.15, 0.2) is 0 Å². The van der Waals surface area contributed by atoms with Crippen LogP contribution >= 0.6 is 11.3 Å². The molecule has 4 nitrogen and oxygen atoms in total. The molecule has 2 aromatic rings. The maximum atomic E-state index is 13.7. The summed E-state index contributed by atoms with van der Waals surface area (Å²) in [5, 5.41) is 6.17. The molecule has 0 saturated heterocycles. The first-order chi connectivity index (χ1) is 9.60. The Morgan fingerprint density at radius 2 is 2.25 bits per heavy atom. The molecule has 0 aliphatic rings. The normalized spacial score (nSPS) is 10.6. The summed E-state index contributed by atoms with van der Waals surface area (Å²) in [6.07, 6.45) is 0. The number of aryl methyl sites for hydroxylation is 1. The van der Waals surface area contributed by atoms with Crippen molar-refractivity contribution in [3.63, 3.8) is 0 Å². The van der Waals surface area contributed by atoms with Crippen molar-refractivity contribution in [1.82, 2.24) is 10.3 Å². The fourth-order valence-corrected chi connectivity index (χ4v) is 2.48. The van der Waals surface area contributed by atoms with Crippen LogP contribution in [0, 0.1) is 12.7 Å². The van der Waals surface area contributed by atoms with Crippen LogP contribution in [0.4, 0.5) is 4.39 Å². The summed E-state index contributed by atoms with van der Waals surface area (Å²) in [5.41, 5.74) is 1.72. The quantitative estimate of drug-likeness (QED) is 0.861. The van der Waals surface area contributed by atoms with Crippen LogP contribution in [-0.2, 0) is 17.8 Å². The maximum absolute atomic E-state index is 13.7. The number of thiazole rings is 1. The number of hydrogen-bond acceptors (Lipinski definition) is 5. The number of hydrogen-bond donors (Lipinski definition) is 1. The first-order valence-electron chi connectivity index (χ1n) is 6.08. The lowest BCUT2D eigenvalue weighted by Gasteiger charge is -2.06. The Morgan fingerprint density at radius 3 is 2.85 bits per heavy atom. The second-order valence-corrected chi connectivity index (χ2v) is 5.23. The highest BCUT2D eigenvalue weighted by molar-refractivity contribution is 7.09. The van der Waals surface area contributed by atoms with Crippen molar-refractivity contribution in [2.75, 3.05) is 7.11 Å². The first kappa shape index (κ1) is 14.6. The highest BCUT2D eigenvalue weighted by Gasteiger charge is 2.12. The smallest absolute Gasteiger partial charge is 0.340 e. The number of halogens is 1. The van der Waals surface area contributed by atoms with E-state index in [1.165, 1.54) is 19.2 Å². The van der Waals surface area contributed by atoms with E-state index in [1.54, 1.807) is 17.4 Å². The molecule has 0 saturated carbocycles. The van der Waals surface area contributed by atoms with Crippen molar-refractivity contribution in [3.05, 3.63) is 51.2 Å². The number of nitrogens with zero attached hydrogens (tertiary/aromatic N) is 1. The minimum Gasteiger partial charge on any atom is -0.465 e. The van der Waals surface area contributed by atoms with E-state index >= 15 is 0 Å². The third-order valence-electron chi connectivity index (χ3n) is 2.71. The van der Waals surface area contributed by atoms with Gasteiger partial charge in [0, 0.05) is 24.2 Å². The fourth-order valence-electron chi connectivity index (χ4n) is 1.74. The molecule has 0 aliphatic heterocycles. The van der Waals surface area contributed by atoms with Crippen LogP contribution in [0.2, 0.25) is 0 Å². The molecule has 1 N–H and O–H groups in total. The Labute approximate surface area is 120 Å². The lowest BCUT2D eigenvalue weighted by atomic mass is 10.1. The molecule has 106 valence electrons. The average Bonchev–Trinajstić information content (AvgIpc) is 2.84. The summed E-state index contributed by atoms with van der Waals surface area (Å²) in [7, 11) is 1.23. The van der Waals surface area contributed by atoms with E-state index in [-0.39, 0.29) is 5.56 Å². The van der Waals surface area contributed by atoms with E-state index in [0.29, 0.717) is 13.1 Å². The minimum absolute atomic E-state index is 0.0493. The van der Waals surface area contributed by atoms with E-state index < -0.39 is 11.8 Å². The van der Waals surface area contributed by atoms with Crippen LogP contribution in [-0.4, -0.2) is 18.1 Å². The topological polar surface area (TPSA) is 51.2 Å². The number of aromatic nitrogens is 1. The standard InChI is InChI=1S/C14H15FN2O2S/c1-9-8-20-13(17-9)7-16-6-10-3-4-11(12(15)5-10)14(18)19-2/h3-5,8,16H,6-7H2,1-2H3. The van der Waals surface area contributed by atoms with Gasteiger partial charge in [-0.05, 0) is 24.6 Å². The monoisotopic (exact) mass is 294 g/mol. The number of carbonyl (C=O) groups is 1. The molecule has 0 spiro atoms. The van der Waals surface area contributed by atoms with E-state index in [1.807, 2.05) is 12.3 Å². The van der Waals surface area contributed by atoms with Crippen LogP contribution in [0.5, 0.6) is 0 Å². The molecule has 20 heavy (non-hydrogen) atoms. The number of carbonyl (C=O) groups excluding carboxylic acids is 1. The van der Waals surface area contributed by atoms with Gasteiger partial charge in [-0.3, -0.25) is 0 Å². The Hall–Kier alpha value is -1.79. The largest absolute Gasteiger partial charge is 0.465 e. The molecule has 0 unspecified atom stereocenters. The van der Waals surface area contributed by atoms with Gasteiger partial charge >= 0.3 is 5.97 Å². The molecule has 1 heterocycles. The van der Waals surface area contributed by atoms with Crippen LogP contribution in [0.15, 0.2) is 23.6 Å². The summed E-state index contributed by atoms with van der Waals surface area (Å²) in [6.45, 7) is 3.09. The predicted octanol–water partition coefficient (Wildman–Crippen LogP) is 2.67. The zero-order valence-electron chi connectivity index (χ0n) is 11.3. The zero-order valence-corrected chi connectivity index (χ0v) is 12.1. The summed E-state index contributed by atoms with van der Waals surface area (Å²) in [4.78, 5) is 15.6. The van der Waals surface area contributed by atoms with Crippen molar-refractivity contribution >= 4 is 17.3 Å². The van der Waals surface area contributed by atoms with Crippen molar-refractivity contribution in [3.8, 4) is 0 Å². The first-order valence-corrected chi connectivity index (χ1v) is 6.96. The van der Waals surface area contributed by atoms with Crippen LogP contribution in [0.3, 0.4) is 0 Å². The molecule has 1 aromatic carbocycles. The Kier molecular flexibility index (Phi) is 4.81. The molecule has 6 heteroatoms. The van der Waals surface area contributed by atoms with Gasteiger partial charge in [-0.25, -0.2) is 14.2 Å². The van der Waals surface area contributed by atoms with E-state index in [4.69, 9.17) is 0 Å². The highest BCUT2D eigenvalue weighted by Crippen LogP contribution is 2.12. The van der Waals surface area contributed by atoms with E-state index in [9.17, 15) is 9.18 Å². The molecular weight excluding hydrogens is 279 g/mol. The SMILES string of the molecule is COC(=O)c1ccc(CNCc2nc(C)cs2)cc1F. The van der Waals surface area contributed by atoms with E-state index in [0.717, 1.165) is 16.3 Å². The van der Waals surface area contributed by atoms with Gasteiger partial charge in [0.25, 0.3) is 0 Å². The summed E-state index contributed by atoms with van der Waals surface area (Å²) in [5.74, 6) is -1.23. The highest BCUT2D eigenvalue weighted by atomic mass is 32.1. The third-order valence-corrected chi connectivity index (χ3v) is 3.68. The summed E-state index contributed by atoms with van der Waals surface area (Å²) >= 11 is 1.59. The molecular formula is C14H15FN2O2S. The predicted molar refractivity (Wildman–Crippen MR) is 75.1 cm³/mol. The third kappa shape index (κ3) is 3.61. The number of ether oxygens (including phenoxy) is 1. The molecule has 0 amide bonds. The van der Waals surface area contributed by atoms with Gasteiger partial charge in [-0.15, -0.1) is 11.3 Å². The minimum atomic E-state index is -0.666. The van der Waals surface area contributed by atoms with Crippen molar-refractivity contribution < 1.29 is 13.9 Å². The fraction of sp³-hybridized carbons (Fsp3) is 0.286. The average molecular weight is 294 g/mol. The second-order valence-electron chi connectivity index (χ2n) is 4.29. The van der Waals surface area contributed by atoms with Gasteiger partial charge < -0.3 is 10.1 Å². The van der Waals surface area contributed by atoms with Gasteiger partial charge in [0.1, 0.15) is 10.8 Å². The Bertz CT molecular complexity index is 613. The lowest BCUT2D eigenvalue weighted by Crippen LogP contribution is -2.13. The summed E-state index contributed by atoms with van der Waals surface area (Å²) in [6, 6.07) is 4.48. The van der Waals surface area contributed by atoms with Crippen molar-refractivity contribution in [2.45, 2.75) is 20.0 Å². The van der Waals surface area contributed by atoms with Gasteiger partial charge in [0.05, 0.1) is 12.7 Å². The number of esters is 1. The van der Waals surface area contributed by atoms with Crippen LogP contribution in [0.1, 0.15) is 26.6 Å². The molecule has 0 radical (unpaired) electrons. The van der Waals surface area contributed by atoms with Gasteiger partial charge in [-0.1, -0.05) is 6.07 Å². The number of rotatable bonds is 5. The van der Waals surface area contributed by atoms with Gasteiger partial charge in [0.2, 0.25) is 0 Å². The Balaban J connectivity index is 1.93. The Morgan fingerprint density at radius 1 is 1.45 bits per heavy atom. The van der Waals surface area contributed by atoms with Crippen LogP contribution < -0.4 is 5.32 Å². The molecule has 0 bridgehead atoms. The van der Waals surface area contributed by atoms with Crippen molar-refractivity contribution in [2.24, 2.45) is 0 Å². The molecule has 1 aromatic heterocycles. The summed E-state index contributed by atoms with van der Waals surface area (Å²) < 4.78 is 18.2. The lowest BCUT2D eigenvalue weighted by molar-refractivity contribution is 0.0595. The van der Waals surface area contributed by atoms with Gasteiger partial charge in [-0.2, -0.15) is 0 Å². The zero-order chi connectivity index (χ0) is 14.5. The van der Waals surface area contributed by atoms with E-state index in [2.05, 4.69) is 15.0 Å². The van der Waals surface area contributed by atoms with Crippen LogP contribution in [0.25, 0.3) is 0 Å². The maximum Gasteiger partial charge on any atom is 0.340 e. The number of methoxy groups -OCH3 is 1. The number of nitrogens with one attached hydrogen (secondary N) is 1. The van der Waals surface area contributed by atoms with Crippen molar-refractivity contribution in [1.29, 1.82) is 0 Å². The molecule has 0 aliphatic carbocycles.